The highest BCUT2D eigenvalue weighted by atomic mass is 16.3. The fourth-order valence-corrected chi connectivity index (χ4v) is 6.98. The number of amides is 7. The summed E-state index contributed by atoms with van der Waals surface area (Å²) in [6.07, 6.45) is 16.8. The molecule has 0 fully saturated rings. The average molecular weight is 895 g/mol. The van der Waals surface area contributed by atoms with Crippen molar-refractivity contribution in [1.29, 1.82) is 0 Å². The van der Waals surface area contributed by atoms with Crippen molar-refractivity contribution in [2.75, 3.05) is 19.7 Å². The van der Waals surface area contributed by atoms with E-state index in [4.69, 9.17) is 17.2 Å². The van der Waals surface area contributed by atoms with Crippen LogP contribution in [0.25, 0.3) is 0 Å². The number of nitrogens with one attached hydrogen (secondary N) is 6. The lowest BCUT2D eigenvalue weighted by atomic mass is 9.96. The van der Waals surface area contributed by atoms with Crippen molar-refractivity contribution in [3.63, 3.8) is 0 Å². The van der Waals surface area contributed by atoms with Crippen molar-refractivity contribution < 1.29 is 38.7 Å². The molecule has 6 atom stereocenters. The molecule has 7 amide bonds. The Morgan fingerprint density at radius 2 is 1.02 bits per heavy atom. The molecule has 18 heteroatoms. The Morgan fingerprint density at radius 1 is 0.540 bits per heavy atom. The Bertz CT molecular complexity index is 1390. The molecule has 18 nitrogen and oxygen atoms in total. The lowest BCUT2D eigenvalue weighted by Crippen LogP contribution is -2.59. The molecular formula is C45H86N10O8. The van der Waals surface area contributed by atoms with Crippen LogP contribution in [0.2, 0.25) is 0 Å². The van der Waals surface area contributed by atoms with Crippen LogP contribution in [-0.4, -0.2) is 102 Å². The zero-order chi connectivity index (χ0) is 47.7. The first-order valence-electron chi connectivity index (χ1n) is 23.6. The Balaban J connectivity index is 5.40. The molecule has 0 rings (SSSR count). The molecule has 0 radical (unpaired) electrons. The molecule has 0 aromatic heterocycles. The monoisotopic (exact) mass is 895 g/mol. The maximum atomic E-state index is 13.7. The van der Waals surface area contributed by atoms with Gasteiger partial charge < -0.3 is 54.2 Å². The number of aliphatic hydroxyl groups excluding tert-OH is 1. The molecule has 0 aliphatic rings. The van der Waals surface area contributed by atoms with Crippen LogP contribution in [0.3, 0.4) is 0 Å². The van der Waals surface area contributed by atoms with Gasteiger partial charge >= 0.3 is 0 Å². The summed E-state index contributed by atoms with van der Waals surface area (Å²) in [5.74, 6) is -5.07. The van der Waals surface area contributed by atoms with Gasteiger partial charge in [-0.2, -0.15) is 0 Å². The van der Waals surface area contributed by atoms with Gasteiger partial charge in [-0.25, -0.2) is 0 Å². The van der Waals surface area contributed by atoms with Crippen LogP contribution < -0.4 is 49.1 Å². The van der Waals surface area contributed by atoms with E-state index in [0.29, 0.717) is 19.3 Å². The minimum Gasteiger partial charge on any atom is -0.394 e. The van der Waals surface area contributed by atoms with Gasteiger partial charge in [0.25, 0.3) is 0 Å². The summed E-state index contributed by atoms with van der Waals surface area (Å²) in [4.78, 5) is 95.6. The number of aliphatic hydroxyl groups is 1. The van der Waals surface area contributed by atoms with Gasteiger partial charge in [-0.1, -0.05) is 132 Å². The lowest BCUT2D eigenvalue weighted by Gasteiger charge is -2.28. The molecular weight excluding hydrogens is 809 g/mol. The van der Waals surface area contributed by atoms with Crippen molar-refractivity contribution in [2.24, 2.45) is 39.9 Å². The first kappa shape index (κ1) is 58.5. The van der Waals surface area contributed by atoms with Gasteiger partial charge in [0.1, 0.15) is 30.2 Å². The molecule has 0 spiro atoms. The van der Waals surface area contributed by atoms with Gasteiger partial charge in [0.15, 0.2) is 5.96 Å². The average Bonchev–Trinajstić information content (AvgIpc) is 3.22. The Kier molecular flexibility index (Phi) is 32.5. The lowest BCUT2D eigenvalue weighted by molar-refractivity contribution is -0.135. The highest BCUT2D eigenvalue weighted by Gasteiger charge is 2.33. The number of carbonyl (C=O) groups is 7. The first-order chi connectivity index (χ1) is 29.9. The molecule has 0 bridgehead atoms. The van der Waals surface area contributed by atoms with Crippen LogP contribution in [0.4, 0.5) is 0 Å². The minimum atomic E-state index is -1.27. The third-order valence-corrected chi connectivity index (χ3v) is 10.9. The number of nitrogens with zero attached hydrogens (tertiary/aromatic N) is 1. The topological polar surface area (TPSA) is 302 Å². The van der Waals surface area contributed by atoms with E-state index < -0.39 is 84.7 Å². The van der Waals surface area contributed by atoms with E-state index in [1.165, 1.54) is 57.8 Å². The third kappa shape index (κ3) is 28.8. The van der Waals surface area contributed by atoms with Gasteiger partial charge in [-0.3, -0.25) is 38.6 Å². The number of unbranched alkanes of at least 4 members (excludes halogenated alkanes) is 12. The largest absolute Gasteiger partial charge is 0.394 e. The van der Waals surface area contributed by atoms with Crippen LogP contribution in [0.5, 0.6) is 0 Å². The van der Waals surface area contributed by atoms with Crippen LogP contribution >= 0.6 is 0 Å². The normalized spacial score (nSPS) is 14.1. The Hall–Kier alpha value is -4.48. The van der Waals surface area contributed by atoms with Gasteiger partial charge in [0.2, 0.25) is 41.4 Å². The summed E-state index contributed by atoms with van der Waals surface area (Å²) >= 11 is 0. The molecule has 63 heavy (non-hydrogen) atoms. The zero-order valence-corrected chi connectivity index (χ0v) is 39.7. The van der Waals surface area contributed by atoms with Crippen molar-refractivity contribution in [2.45, 2.75) is 201 Å². The molecule has 0 heterocycles. The van der Waals surface area contributed by atoms with Crippen LogP contribution in [0.1, 0.15) is 170 Å². The predicted octanol–water partition coefficient (Wildman–Crippen LogP) is 2.68. The van der Waals surface area contributed by atoms with E-state index in [1.807, 2.05) is 34.6 Å². The number of guanidine groups is 1. The van der Waals surface area contributed by atoms with E-state index in [1.54, 1.807) is 6.92 Å². The molecule has 0 aliphatic heterocycles. The summed E-state index contributed by atoms with van der Waals surface area (Å²) < 4.78 is 0. The van der Waals surface area contributed by atoms with Crippen molar-refractivity contribution in [3.05, 3.63) is 0 Å². The number of hydrogen-bond acceptors (Lipinski definition) is 9. The summed E-state index contributed by atoms with van der Waals surface area (Å²) in [6, 6.07) is -5.57. The quantitative estimate of drug-likeness (QED) is 0.0247. The van der Waals surface area contributed by atoms with Crippen molar-refractivity contribution in [3.8, 4) is 0 Å². The predicted molar refractivity (Wildman–Crippen MR) is 248 cm³/mol. The fraction of sp³-hybridized carbons (Fsp3) is 0.822. The van der Waals surface area contributed by atoms with Gasteiger partial charge in [0, 0.05) is 13.0 Å². The second kappa shape index (κ2) is 34.9. The molecule has 0 saturated heterocycles. The summed E-state index contributed by atoms with van der Waals surface area (Å²) in [5, 5.41) is 25.7. The summed E-state index contributed by atoms with van der Waals surface area (Å²) in [5.41, 5.74) is 16.3. The highest BCUT2D eigenvalue weighted by Crippen LogP contribution is 2.14. The zero-order valence-electron chi connectivity index (χ0n) is 39.7. The number of rotatable bonds is 37. The second-order valence-corrected chi connectivity index (χ2v) is 17.7. The summed E-state index contributed by atoms with van der Waals surface area (Å²) in [6.45, 7) is 12.2. The van der Waals surface area contributed by atoms with Gasteiger partial charge in [-0.05, 0) is 49.9 Å². The molecule has 0 aromatic carbocycles. The third-order valence-electron chi connectivity index (χ3n) is 10.9. The van der Waals surface area contributed by atoms with Crippen LogP contribution in [0.15, 0.2) is 4.99 Å². The van der Waals surface area contributed by atoms with Gasteiger partial charge in [0.05, 0.1) is 13.2 Å². The number of hydrogen-bond donors (Lipinski definition) is 10. The molecule has 0 aromatic rings. The second-order valence-electron chi connectivity index (χ2n) is 17.7. The number of nitrogens with two attached hydrogens (primary N) is 3. The van der Waals surface area contributed by atoms with Crippen LogP contribution in [0, 0.1) is 17.8 Å². The molecule has 0 aliphatic carbocycles. The SMILES string of the molecule is CCCCCCCCCCCCCCCC(=O)N[C@@H](CO)C(=O)N[C@@H](CC(C)C)C(=O)N[C@H](C(=O)NCC(=O)N[C@@H](CCCN=C(N)N)C(=O)N[C@@H](CC(C)C)C(N)=O)[C@@H](C)CC. The maximum absolute atomic E-state index is 13.7. The molecule has 0 unspecified atom stereocenters. The number of carbonyl (C=O) groups excluding carboxylic acids is 7. The van der Waals surface area contributed by atoms with E-state index in [2.05, 4.69) is 43.8 Å². The smallest absolute Gasteiger partial charge is 0.245 e. The van der Waals surface area contributed by atoms with Crippen molar-refractivity contribution >= 4 is 47.3 Å². The molecule has 0 saturated carbocycles. The van der Waals surface area contributed by atoms with E-state index in [9.17, 15) is 38.7 Å². The standard InChI is InChI=1S/C45H86N10O8/c1-8-10-11-12-13-14-15-16-17-18-19-20-21-24-37(57)52-36(29-56)43(62)54-35(27-31(5)6)42(61)55-39(32(7)9-2)44(63)50-28-38(58)51-33(23-22-25-49-45(47)48)41(60)53-34(40(46)59)26-30(3)4/h30-36,39,56H,8-29H2,1-7H3,(H2,46,59)(H,50,63)(H,51,58)(H,52,57)(H,53,60)(H,54,62)(H,55,61)(H4,47,48,49)/t32-,33-,34-,35-,36-,39-/m0/s1. The van der Waals surface area contributed by atoms with Crippen LogP contribution in [-0.2, 0) is 33.6 Å². The fourth-order valence-electron chi connectivity index (χ4n) is 6.98. The highest BCUT2D eigenvalue weighted by molar-refractivity contribution is 5.96. The van der Waals surface area contributed by atoms with Gasteiger partial charge in [-0.15, -0.1) is 0 Å². The van der Waals surface area contributed by atoms with E-state index >= 15 is 0 Å². The minimum absolute atomic E-state index is 0.0393. The Labute approximate surface area is 377 Å². The number of primary amides is 1. The Morgan fingerprint density at radius 3 is 1.51 bits per heavy atom. The van der Waals surface area contributed by atoms with Crippen molar-refractivity contribution in [1.82, 2.24) is 31.9 Å². The first-order valence-corrected chi connectivity index (χ1v) is 23.6. The molecule has 13 N–H and O–H groups in total. The van der Waals surface area contributed by atoms with E-state index in [-0.39, 0.29) is 55.9 Å². The summed E-state index contributed by atoms with van der Waals surface area (Å²) in [7, 11) is 0. The van der Waals surface area contributed by atoms with E-state index in [0.717, 1.165) is 19.3 Å². The molecule has 364 valence electrons. The number of aliphatic imine (C=N–C) groups is 1. The maximum Gasteiger partial charge on any atom is 0.245 e.